The zero-order valence-electron chi connectivity index (χ0n) is 17.1. The van der Waals surface area contributed by atoms with E-state index in [1.54, 1.807) is 0 Å². The summed E-state index contributed by atoms with van der Waals surface area (Å²) in [5, 5.41) is 20.0. The van der Waals surface area contributed by atoms with E-state index in [-0.39, 0.29) is 6.61 Å². The Bertz CT molecular complexity index is 1300. The molecule has 160 valence electrons. The predicted molar refractivity (Wildman–Crippen MR) is 126 cm³/mol. The number of hydrogen-bond acceptors (Lipinski definition) is 6. The number of aromatic nitrogens is 3. The van der Waals surface area contributed by atoms with Crippen molar-refractivity contribution in [1.29, 1.82) is 0 Å². The lowest BCUT2D eigenvalue weighted by atomic mass is 10.1. The third-order valence-electron chi connectivity index (χ3n) is 5.03. The molecule has 0 saturated carbocycles. The van der Waals surface area contributed by atoms with Gasteiger partial charge in [0.15, 0.2) is 0 Å². The van der Waals surface area contributed by atoms with Gasteiger partial charge < -0.3 is 19.2 Å². The van der Waals surface area contributed by atoms with Crippen LogP contribution in [0.2, 0.25) is 0 Å². The molecule has 0 radical (unpaired) electrons. The molecule has 1 atom stereocenters. The molecule has 0 aliphatic rings. The van der Waals surface area contributed by atoms with Gasteiger partial charge in [0, 0.05) is 22.9 Å². The third kappa shape index (κ3) is 4.54. The summed E-state index contributed by atoms with van der Waals surface area (Å²) in [6.45, 7) is 0.182. The summed E-state index contributed by atoms with van der Waals surface area (Å²) in [6, 6.07) is 25.9. The topological polar surface area (TPSA) is 84.2 Å². The summed E-state index contributed by atoms with van der Waals surface area (Å²) in [7, 11) is 0. The highest BCUT2D eigenvalue weighted by molar-refractivity contribution is 7.99. The lowest BCUT2D eigenvalue weighted by Crippen LogP contribution is -2.20. The summed E-state index contributed by atoms with van der Waals surface area (Å²) >= 11 is 1.31. The molecule has 2 N–H and O–H groups in total. The molecule has 2 aromatic heterocycles. The number of fused-ring (bicyclic) bond motifs is 1. The average Bonchev–Trinajstić information content (AvgIpc) is 3.49. The first kappa shape index (κ1) is 20.4. The van der Waals surface area contributed by atoms with E-state index in [2.05, 4.69) is 27.3 Å². The normalized spacial score (nSPS) is 12.2. The van der Waals surface area contributed by atoms with Gasteiger partial charge in [0.05, 0.1) is 11.7 Å². The number of aromatic amines is 1. The smallest absolute Gasteiger partial charge is 0.276 e. The van der Waals surface area contributed by atoms with Crippen molar-refractivity contribution in [3.8, 4) is 28.3 Å². The second kappa shape index (κ2) is 9.30. The SMILES string of the molecule is OC(COc1ccc(-c2ccccc2)cc1)CSc1nnc(-c2c[nH]c3ccccc23)o1. The monoisotopic (exact) mass is 443 g/mol. The standard InChI is InChI=1S/C25H21N3O3S/c29-19(15-30-20-12-10-18(11-13-20)17-6-2-1-3-7-17)16-32-25-28-27-24(31-25)22-14-26-23-9-5-4-8-21(22)23/h1-14,19,26,29H,15-16H2. The molecular weight excluding hydrogens is 422 g/mol. The summed E-state index contributed by atoms with van der Waals surface area (Å²) in [6.07, 6.45) is 1.19. The quantitative estimate of drug-likeness (QED) is 0.312. The van der Waals surface area contributed by atoms with Gasteiger partial charge in [0.2, 0.25) is 0 Å². The molecule has 5 rings (SSSR count). The van der Waals surface area contributed by atoms with Gasteiger partial charge in [-0.15, -0.1) is 10.2 Å². The first-order valence-corrected chi connectivity index (χ1v) is 11.2. The van der Waals surface area contributed by atoms with Crippen molar-refractivity contribution in [3.63, 3.8) is 0 Å². The number of nitrogens with zero attached hydrogens (tertiary/aromatic N) is 2. The van der Waals surface area contributed by atoms with Gasteiger partial charge >= 0.3 is 0 Å². The van der Waals surface area contributed by atoms with Crippen molar-refractivity contribution in [3.05, 3.63) is 85.1 Å². The Kier molecular flexibility index (Phi) is 5.91. The molecule has 2 heterocycles. The molecule has 0 saturated heterocycles. The Hall–Kier alpha value is -3.55. The van der Waals surface area contributed by atoms with Crippen LogP contribution in [0.4, 0.5) is 0 Å². The maximum atomic E-state index is 10.3. The Morgan fingerprint density at radius 1 is 0.906 bits per heavy atom. The minimum atomic E-state index is -0.669. The van der Waals surface area contributed by atoms with Crippen LogP contribution < -0.4 is 4.74 Å². The lowest BCUT2D eigenvalue weighted by Gasteiger charge is -2.11. The largest absolute Gasteiger partial charge is 0.491 e. The Labute approximate surface area is 189 Å². The van der Waals surface area contributed by atoms with Crippen LogP contribution in [0.1, 0.15) is 0 Å². The van der Waals surface area contributed by atoms with E-state index in [0.29, 0.717) is 22.6 Å². The van der Waals surface area contributed by atoms with Crippen LogP contribution in [0, 0.1) is 0 Å². The lowest BCUT2D eigenvalue weighted by molar-refractivity contribution is 0.126. The van der Waals surface area contributed by atoms with E-state index in [0.717, 1.165) is 27.6 Å². The van der Waals surface area contributed by atoms with Crippen LogP contribution in [0.15, 0.2) is 94.7 Å². The molecule has 0 spiro atoms. The number of benzene rings is 3. The second-order valence-corrected chi connectivity index (χ2v) is 8.26. The number of aliphatic hydroxyl groups excluding tert-OH is 1. The van der Waals surface area contributed by atoms with Gasteiger partial charge in [-0.25, -0.2) is 0 Å². The highest BCUT2D eigenvalue weighted by Crippen LogP contribution is 2.29. The fourth-order valence-corrected chi connectivity index (χ4v) is 4.08. The first-order valence-electron chi connectivity index (χ1n) is 10.3. The fourth-order valence-electron chi connectivity index (χ4n) is 3.41. The van der Waals surface area contributed by atoms with Gasteiger partial charge in [0.1, 0.15) is 12.4 Å². The van der Waals surface area contributed by atoms with Crippen molar-refractivity contribution in [1.82, 2.24) is 15.2 Å². The molecule has 0 bridgehead atoms. The van der Waals surface area contributed by atoms with E-state index in [9.17, 15) is 5.11 Å². The van der Waals surface area contributed by atoms with Gasteiger partial charge in [0.25, 0.3) is 11.1 Å². The second-order valence-electron chi connectivity index (χ2n) is 7.29. The van der Waals surface area contributed by atoms with Crippen molar-refractivity contribution in [2.75, 3.05) is 12.4 Å². The molecular formula is C25H21N3O3S. The summed E-state index contributed by atoms with van der Waals surface area (Å²) in [5.41, 5.74) is 4.15. The molecule has 3 aromatic carbocycles. The molecule has 5 aromatic rings. The van der Waals surface area contributed by atoms with Crippen LogP contribution in [0.25, 0.3) is 33.5 Å². The predicted octanol–water partition coefficient (Wildman–Crippen LogP) is 5.42. The zero-order valence-corrected chi connectivity index (χ0v) is 18.0. The zero-order chi connectivity index (χ0) is 21.8. The minimum Gasteiger partial charge on any atom is -0.491 e. The van der Waals surface area contributed by atoms with Crippen LogP contribution in [0.3, 0.4) is 0 Å². The van der Waals surface area contributed by atoms with Gasteiger partial charge in [-0.2, -0.15) is 0 Å². The van der Waals surface area contributed by atoms with Crippen LogP contribution >= 0.6 is 11.8 Å². The van der Waals surface area contributed by atoms with E-state index >= 15 is 0 Å². The van der Waals surface area contributed by atoms with Crippen molar-refractivity contribution in [2.24, 2.45) is 0 Å². The van der Waals surface area contributed by atoms with Crippen molar-refractivity contribution >= 4 is 22.7 Å². The molecule has 0 aliphatic heterocycles. The Balaban J connectivity index is 1.14. The fraction of sp³-hybridized carbons (Fsp3) is 0.120. The third-order valence-corrected chi connectivity index (χ3v) is 5.99. The first-order chi connectivity index (χ1) is 15.8. The molecule has 0 aliphatic carbocycles. The highest BCUT2D eigenvalue weighted by Gasteiger charge is 2.15. The number of para-hydroxylation sites is 1. The molecule has 6 nitrogen and oxygen atoms in total. The van der Waals surface area contributed by atoms with E-state index in [1.165, 1.54) is 11.8 Å². The van der Waals surface area contributed by atoms with E-state index in [4.69, 9.17) is 9.15 Å². The minimum absolute atomic E-state index is 0.182. The average molecular weight is 444 g/mol. The van der Waals surface area contributed by atoms with E-state index < -0.39 is 6.10 Å². The van der Waals surface area contributed by atoms with Crippen molar-refractivity contribution in [2.45, 2.75) is 11.3 Å². The Morgan fingerprint density at radius 3 is 2.50 bits per heavy atom. The van der Waals surface area contributed by atoms with Crippen LogP contribution in [-0.4, -0.2) is 38.8 Å². The van der Waals surface area contributed by atoms with Crippen LogP contribution in [0.5, 0.6) is 5.75 Å². The molecule has 0 fully saturated rings. The van der Waals surface area contributed by atoms with Crippen molar-refractivity contribution < 1.29 is 14.3 Å². The highest BCUT2D eigenvalue weighted by atomic mass is 32.2. The number of rotatable bonds is 8. The number of aliphatic hydroxyl groups is 1. The number of H-pyrrole nitrogens is 1. The molecule has 0 amide bonds. The number of nitrogens with one attached hydrogen (secondary N) is 1. The Morgan fingerprint density at radius 2 is 1.66 bits per heavy atom. The molecule has 7 heteroatoms. The summed E-state index contributed by atoms with van der Waals surface area (Å²) < 4.78 is 11.5. The maximum Gasteiger partial charge on any atom is 0.276 e. The van der Waals surface area contributed by atoms with Gasteiger partial charge in [-0.1, -0.05) is 72.4 Å². The number of hydrogen-bond donors (Lipinski definition) is 2. The summed E-state index contributed by atoms with van der Waals surface area (Å²) in [5.74, 6) is 1.56. The molecule has 1 unspecified atom stereocenters. The molecule has 32 heavy (non-hydrogen) atoms. The van der Waals surface area contributed by atoms with E-state index in [1.807, 2.05) is 72.9 Å². The maximum absolute atomic E-state index is 10.3. The number of ether oxygens (including phenoxy) is 1. The van der Waals surface area contributed by atoms with Gasteiger partial charge in [-0.05, 0) is 29.3 Å². The number of thioether (sulfide) groups is 1. The van der Waals surface area contributed by atoms with Crippen LogP contribution in [-0.2, 0) is 0 Å². The summed E-state index contributed by atoms with van der Waals surface area (Å²) in [4.78, 5) is 3.20. The van der Waals surface area contributed by atoms with Gasteiger partial charge in [-0.3, -0.25) is 0 Å².